The van der Waals surface area contributed by atoms with Gasteiger partial charge in [0.1, 0.15) is 0 Å². The zero-order valence-corrected chi connectivity index (χ0v) is 23.0. The molecule has 0 atom stereocenters. The monoisotopic (exact) mass is 427 g/mol. The molecule has 0 aliphatic heterocycles. The summed E-state index contributed by atoms with van der Waals surface area (Å²) in [6, 6.07) is 0. The Morgan fingerprint density at radius 1 is 0.167 bits per heavy atom. The van der Waals surface area contributed by atoms with Gasteiger partial charge in [0.15, 0.2) is 0 Å². The highest BCUT2D eigenvalue weighted by atomic mass is 14.0. The summed E-state index contributed by atoms with van der Waals surface area (Å²) >= 11 is 0. The molecule has 0 aromatic carbocycles. The van der Waals surface area contributed by atoms with Gasteiger partial charge in [0, 0.05) is 0 Å². The highest BCUT2D eigenvalue weighted by Crippen LogP contribution is 2.10. The summed E-state index contributed by atoms with van der Waals surface area (Å²) in [4.78, 5) is 0. The van der Waals surface area contributed by atoms with Gasteiger partial charge in [-0.2, -0.15) is 0 Å². The van der Waals surface area contributed by atoms with E-state index in [9.17, 15) is 0 Å². The predicted molar refractivity (Wildman–Crippen MR) is 145 cm³/mol. The Morgan fingerprint density at radius 3 is 0.400 bits per heavy atom. The molecule has 0 heterocycles. The second kappa shape index (κ2) is 39.5. The Labute approximate surface area is 195 Å². The molecule has 0 radical (unpaired) electrons. The van der Waals surface area contributed by atoms with E-state index in [1.54, 1.807) is 0 Å². The van der Waals surface area contributed by atoms with Crippen LogP contribution in [0.1, 0.15) is 196 Å². The number of hydrogen-bond acceptors (Lipinski definition) is 0. The summed E-state index contributed by atoms with van der Waals surface area (Å²) in [5.41, 5.74) is 0. The molecule has 0 rings (SSSR count). The van der Waals surface area contributed by atoms with Gasteiger partial charge in [0.25, 0.3) is 0 Å². The maximum atomic E-state index is 2.28. The molecule has 0 aliphatic carbocycles. The van der Waals surface area contributed by atoms with Gasteiger partial charge in [0.05, 0.1) is 0 Å². The number of hydrogen-bond donors (Lipinski definition) is 0. The van der Waals surface area contributed by atoms with Gasteiger partial charge >= 0.3 is 0 Å². The predicted octanol–water partition coefficient (Wildman–Crippen LogP) is 12.4. The Hall–Kier alpha value is 0. The van der Waals surface area contributed by atoms with Gasteiger partial charge in [-0.3, -0.25) is 0 Å². The normalized spacial score (nSPS) is 10.2. The van der Waals surface area contributed by atoms with Crippen molar-refractivity contribution < 1.29 is 0 Å². The van der Waals surface area contributed by atoms with Crippen LogP contribution in [0.15, 0.2) is 0 Å². The highest BCUT2D eigenvalue weighted by molar-refractivity contribution is 4.46. The van der Waals surface area contributed by atoms with Gasteiger partial charge in [-0.15, -0.1) is 0 Å². The Morgan fingerprint density at radius 2 is 0.267 bits per heavy atom. The van der Waals surface area contributed by atoms with Crippen LogP contribution in [-0.4, -0.2) is 0 Å². The minimum Gasteiger partial charge on any atom is -0.0654 e. The quantitative estimate of drug-likeness (QED) is 0.160. The third-order valence-corrected chi connectivity index (χ3v) is 5.87. The lowest BCUT2D eigenvalue weighted by molar-refractivity contribution is 0.562. The van der Waals surface area contributed by atoms with E-state index in [-0.39, 0.29) is 0 Å². The summed E-state index contributed by atoms with van der Waals surface area (Å²) in [6.45, 7) is 13.6. The molecule has 0 amide bonds. The first-order valence-electron chi connectivity index (χ1n) is 14.7. The second-order valence-electron chi connectivity index (χ2n) is 9.36. The van der Waals surface area contributed by atoms with Crippen LogP contribution in [0.4, 0.5) is 0 Å². The molecule has 0 bridgehead atoms. The van der Waals surface area contributed by atoms with Crippen molar-refractivity contribution in [1.29, 1.82) is 0 Å². The standard InChI is InChI=1S/2C12H26.C6H14/c2*1-3-5-7-9-11-12-10-8-6-4-2;1-3-5-6-4-2/h2*3-12H2,1-2H3;3-6H2,1-2H3. The largest absolute Gasteiger partial charge is 0.0654 e. The summed E-state index contributed by atoms with van der Waals surface area (Å²) < 4.78 is 0. The molecule has 30 heavy (non-hydrogen) atoms. The third kappa shape index (κ3) is 46.3. The summed E-state index contributed by atoms with van der Waals surface area (Å²) in [7, 11) is 0. The molecule has 0 spiro atoms. The molecule has 0 aliphatic rings. The van der Waals surface area contributed by atoms with Gasteiger partial charge in [-0.25, -0.2) is 0 Å². The first-order chi connectivity index (χ1) is 14.7. The fraction of sp³-hybridized carbons (Fsp3) is 1.00. The Kier molecular flexibility index (Phi) is 45.5. The van der Waals surface area contributed by atoms with Crippen LogP contribution in [0.3, 0.4) is 0 Å². The third-order valence-electron chi connectivity index (χ3n) is 5.87. The summed E-state index contributed by atoms with van der Waals surface area (Å²) in [5.74, 6) is 0. The zero-order chi connectivity index (χ0) is 23.0. The van der Waals surface area contributed by atoms with E-state index in [1.807, 2.05) is 0 Å². The Balaban J connectivity index is -0.000000386. The molecule has 0 saturated heterocycles. The fourth-order valence-corrected chi connectivity index (χ4v) is 3.62. The van der Waals surface area contributed by atoms with Crippen molar-refractivity contribution in [3.8, 4) is 0 Å². The molecular formula is C30H66. The second-order valence-corrected chi connectivity index (χ2v) is 9.36. The molecular weight excluding hydrogens is 360 g/mol. The molecule has 0 aromatic heterocycles. The van der Waals surface area contributed by atoms with E-state index < -0.39 is 0 Å². The maximum Gasteiger partial charge on any atom is -0.0533 e. The minimum absolute atomic E-state index is 1.36. The van der Waals surface area contributed by atoms with Crippen LogP contribution >= 0.6 is 0 Å². The lowest BCUT2D eigenvalue weighted by atomic mass is 10.1. The van der Waals surface area contributed by atoms with Crippen LogP contribution < -0.4 is 0 Å². The highest BCUT2D eigenvalue weighted by Gasteiger charge is 1.91. The van der Waals surface area contributed by atoms with Crippen molar-refractivity contribution in [2.75, 3.05) is 0 Å². The van der Waals surface area contributed by atoms with Gasteiger partial charge in [-0.05, 0) is 0 Å². The average molecular weight is 427 g/mol. The maximum absolute atomic E-state index is 2.28. The topological polar surface area (TPSA) is 0 Å². The average Bonchev–Trinajstić information content (AvgIpc) is 2.77. The van der Waals surface area contributed by atoms with E-state index >= 15 is 0 Å². The van der Waals surface area contributed by atoms with Crippen molar-refractivity contribution in [3.05, 3.63) is 0 Å². The van der Waals surface area contributed by atoms with Crippen molar-refractivity contribution in [3.63, 3.8) is 0 Å². The number of rotatable bonds is 21. The molecule has 0 aromatic rings. The van der Waals surface area contributed by atoms with E-state index in [2.05, 4.69) is 41.5 Å². The fourth-order valence-electron chi connectivity index (χ4n) is 3.62. The van der Waals surface area contributed by atoms with Crippen LogP contribution in [0.2, 0.25) is 0 Å². The Bertz CT molecular complexity index is 176. The van der Waals surface area contributed by atoms with E-state index in [1.165, 1.54) is 154 Å². The van der Waals surface area contributed by atoms with Crippen LogP contribution in [-0.2, 0) is 0 Å². The number of unbranched alkanes of at least 4 members (excludes halogenated alkanes) is 21. The molecule has 0 fully saturated rings. The first-order valence-corrected chi connectivity index (χ1v) is 14.7. The zero-order valence-electron chi connectivity index (χ0n) is 23.0. The molecule has 186 valence electrons. The van der Waals surface area contributed by atoms with Crippen LogP contribution in [0.25, 0.3) is 0 Å². The molecule has 0 N–H and O–H groups in total. The molecule has 0 nitrogen and oxygen atoms in total. The minimum atomic E-state index is 1.36. The van der Waals surface area contributed by atoms with Crippen molar-refractivity contribution in [1.82, 2.24) is 0 Å². The van der Waals surface area contributed by atoms with E-state index in [0.29, 0.717) is 0 Å². The molecule has 0 heteroatoms. The van der Waals surface area contributed by atoms with Gasteiger partial charge < -0.3 is 0 Å². The van der Waals surface area contributed by atoms with Crippen molar-refractivity contribution in [2.24, 2.45) is 0 Å². The van der Waals surface area contributed by atoms with Crippen LogP contribution in [0, 0.1) is 0 Å². The van der Waals surface area contributed by atoms with E-state index in [0.717, 1.165) is 0 Å². The van der Waals surface area contributed by atoms with Crippen molar-refractivity contribution >= 4 is 0 Å². The van der Waals surface area contributed by atoms with Gasteiger partial charge in [0.2, 0.25) is 0 Å². The first kappa shape index (κ1) is 34.6. The summed E-state index contributed by atoms with van der Waals surface area (Å²) in [6.07, 6.45) is 34.4. The SMILES string of the molecule is CCCCCC.CCCCCCCCCCCC.CCCCCCCCCCCC. The van der Waals surface area contributed by atoms with Crippen LogP contribution in [0.5, 0.6) is 0 Å². The molecule has 0 saturated carbocycles. The van der Waals surface area contributed by atoms with Crippen molar-refractivity contribution in [2.45, 2.75) is 196 Å². The lowest BCUT2D eigenvalue weighted by Gasteiger charge is -1.99. The van der Waals surface area contributed by atoms with E-state index in [4.69, 9.17) is 0 Å². The molecule has 0 unspecified atom stereocenters. The van der Waals surface area contributed by atoms with Gasteiger partial charge in [-0.1, -0.05) is 196 Å². The summed E-state index contributed by atoms with van der Waals surface area (Å²) in [5, 5.41) is 0. The lowest BCUT2D eigenvalue weighted by Crippen LogP contribution is -1.80. The smallest absolute Gasteiger partial charge is 0.0533 e.